The number of hydrogen-bond acceptors (Lipinski definition) is 4. The number of nitrogens with zero attached hydrogens (tertiary/aromatic N) is 2. The first-order valence-corrected chi connectivity index (χ1v) is 8.65. The number of thiazole rings is 1. The Morgan fingerprint density at radius 3 is 2.64 bits per heavy atom. The molecular weight excluding hydrogens is 518 g/mol. The highest BCUT2D eigenvalue weighted by atomic mass is 127. The zero-order valence-electron chi connectivity index (χ0n) is 14.6. The summed E-state index contributed by atoms with van der Waals surface area (Å²) in [5.74, 6) is 0.472. The van der Waals surface area contributed by atoms with E-state index in [1.807, 2.05) is 0 Å². The van der Waals surface area contributed by atoms with E-state index >= 15 is 0 Å². The summed E-state index contributed by atoms with van der Waals surface area (Å²) in [6.45, 7) is -2.26. The number of aliphatic imine (C=N–C) groups is 1. The van der Waals surface area contributed by atoms with Crippen molar-refractivity contribution in [3.63, 3.8) is 0 Å². The van der Waals surface area contributed by atoms with Crippen LogP contribution < -0.4 is 15.4 Å². The Hall–Kier alpha value is -1.70. The number of hydrogen-bond donors (Lipinski definition) is 2. The van der Waals surface area contributed by atoms with Crippen LogP contribution in [-0.4, -0.2) is 31.1 Å². The second-order valence-electron chi connectivity index (χ2n) is 5.25. The molecule has 12 heteroatoms. The van der Waals surface area contributed by atoms with Crippen LogP contribution in [0.2, 0.25) is 0 Å². The van der Waals surface area contributed by atoms with Crippen LogP contribution in [0.4, 0.5) is 22.0 Å². The lowest BCUT2D eigenvalue weighted by Crippen LogP contribution is -2.37. The number of halogens is 6. The van der Waals surface area contributed by atoms with Crippen molar-refractivity contribution in [3.05, 3.63) is 45.9 Å². The summed E-state index contributed by atoms with van der Waals surface area (Å²) in [5.41, 5.74) is -0.193. The normalized spacial score (nSPS) is 11.9. The minimum absolute atomic E-state index is 0. The molecule has 1 heterocycles. The number of aromatic nitrogens is 1. The van der Waals surface area contributed by atoms with Crippen molar-refractivity contribution >= 4 is 41.3 Å². The Morgan fingerprint density at radius 2 is 2.04 bits per heavy atom. The van der Waals surface area contributed by atoms with Crippen LogP contribution in [0, 0.1) is 0 Å². The van der Waals surface area contributed by atoms with Crippen molar-refractivity contribution in [1.82, 2.24) is 15.6 Å². The highest BCUT2D eigenvalue weighted by Crippen LogP contribution is 2.30. The maximum atomic E-state index is 12.5. The van der Waals surface area contributed by atoms with E-state index in [1.165, 1.54) is 19.2 Å². The summed E-state index contributed by atoms with van der Waals surface area (Å²) >= 11 is 0.946. The van der Waals surface area contributed by atoms with E-state index in [9.17, 15) is 22.0 Å². The van der Waals surface area contributed by atoms with Gasteiger partial charge in [0.05, 0.1) is 5.01 Å². The molecule has 0 radical (unpaired) electrons. The molecular formula is C16H18F5IN4OS. The maximum absolute atomic E-state index is 12.5. The number of alkyl halides is 5. The molecule has 0 aliphatic carbocycles. The molecule has 0 fully saturated rings. The molecule has 0 aliphatic rings. The van der Waals surface area contributed by atoms with E-state index in [0.29, 0.717) is 36.0 Å². The van der Waals surface area contributed by atoms with Gasteiger partial charge in [-0.1, -0.05) is 12.1 Å². The molecule has 2 N–H and O–H groups in total. The molecule has 0 aliphatic heterocycles. The summed E-state index contributed by atoms with van der Waals surface area (Å²) in [4.78, 5) is 7.54. The van der Waals surface area contributed by atoms with Gasteiger partial charge < -0.3 is 15.4 Å². The second kappa shape index (κ2) is 11.3. The quantitative estimate of drug-likeness (QED) is 0.240. The fourth-order valence-corrected chi connectivity index (χ4v) is 2.89. The lowest BCUT2D eigenvalue weighted by molar-refractivity contribution is -0.140. The van der Waals surface area contributed by atoms with Crippen LogP contribution in [0.25, 0.3) is 0 Å². The highest BCUT2D eigenvalue weighted by molar-refractivity contribution is 14.0. The van der Waals surface area contributed by atoms with E-state index in [2.05, 4.69) is 25.3 Å². The molecule has 0 atom stereocenters. The average Bonchev–Trinajstić information content (AvgIpc) is 3.07. The van der Waals surface area contributed by atoms with Gasteiger partial charge in [-0.15, -0.1) is 35.3 Å². The number of guanidine groups is 1. The fourth-order valence-electron chi connectivity index (χ4n) is 2.08. The van der Waals surface area contributed by atoms with Crippen molar-refractivity contribution < 1.29 is 26.7 Å². The van der Waals surface area contributed by atoms with Crippen LogP contribution in [-0.2, 0) is 19.1 Å². The van der Waals surface area contributed by atoms with Gasteiger partial charge in [0.2, 0.25) is 0 Å². The summed E-state index contributed by atoms with van der Waals surface area (Å²) in [6.07, 6.45) is -4.14. The Labute approximate surface area is 179 Å². The first-order valence-electron chi connectivity index (χ1n) is 7.78. The minimum Gasteiger partial charge on any atom is -0.435 e. The Balaban J connectivity index is 0.00000392. The van der Waals surface area contributed by atoms with E-state index in [4.69, 9.17) is 0 Å². The lowest BCUT2D eigenvalue weighted by atomic mass is 10.2. The molecule has 0 bridgehead atoms. The first-order chi connectivity index (χ1) is 12.8. The number of rotatable bonds is 7. The molecule has 0 saturated carbocycles. The predicted molar refractivity (Wildman–Crippen MR) is 108 cm³/mol. The molecule has 0 unspecified atom stereocenters. The molecule has 2 aromatic rings. The Morgan fingerprint density at radius 1 is 1.29 bits per heavy atom. The smallest absolute Gasteiger partial charge is 0.434 e. The monoisotopic (exact) mass is 536 g/mol. The summed E-state index contributed by atoms with van der Waals surface area (Å²) in [7, 11) is 1.54. The van der Waals surface area contributed by atoms with Gasteiger partial charge in [-0.25, -0.2) is 4.98 Å². The van der Waals surface area contributed by atoms with Crippen molar-refractivity contribution in [3.8, 4) is 5.75 Å². The van der Waals surface area contributed by atoms with Gasteiger partial charge >= 0.3 is 12.8 Å². The molecule has 1 aromatic carbocycles. The van der Waals surface area contributed by atoms with Gasteiger partial charge in [0.1, 0.15) is 5.75 Å². The first kappa shape index (κ1) is 24.3. The minimum atomic E-state index is -4.44. The van der Waals surface area contributed by atoms with Gasteiger partial charge in [-0.2, -0.15) is 22.0 Å². The fraction of sp³-hybridized carbons (Fsp3) is 0.375. The molecule has 0 saturated heterocycles. The van der Waals surface area contributed by atoms with Crippen LogP contribution in [0.1, 0.15) is 16.3 Å². The summed E-state index contributed by atoms with van der Waals surface area (Å²) in [5, 5.41) is 7.28. The number of benzene rings is 1. The van der Waals surface area contributed by atoms with Crippen molar-refractivity contribution in [2.45, 2.75) is 25.8 Å². The Bertz CT molecular complexity index is 769. The van der Waals surface area contributed by atoms with Crippen molar-refractivity contribution in [2.75, 3.05) is 13.6 Å². The average molecular weight is 536 g/mol. The van der Waals surface area contributed by atoms with Crippen LogP contribution in [0.5, 0.6) is 5.75 Å². The molecule has 28 heavy (non-hydrogen) atoms. The topological polar surface area (TPSA) is 58.5 Å². The largest absolute Gasteiger partial charge is 0.435 e. The van der Waals surface area contributed by atoms with E-state index < -0.39 is 18.5 Å². The third kappa shape index (κ3) is 8.12. The molecule has 1 aromatic heterocycles. The SMILES string of the molecule is CN=C(NCCc1nc(C(F)(F)F)cs1)NCc1cccc(OC(F)F)c1.I. The number of nitrogens with one attached hydrogen (secondary N) is 2. The van der Waals surface area contributed by atoms with Crippen LogP contribution >= 0.6 is 35.3 Å². The molecule has 156 valence electrons. The zero-order valence-corrected chi connectivity index (χ0v) is 17.7. The summed E-state index contributed by atoms with van der Waals surface area (Å²) in [6, 6.07) is 6.21. The van der Waals surface area contributed by atoms with E-state index in [-0.39, 0.29) is 29.7 Å². The molecule has 0 amide bonds. The third-order valence-electron chi connectivity index (χ3n) is 3.28. The van der Waals surface area contributed by atoms with Gasteiger partial charge in [0.25, 0.3) is 0 Å². The Kier molecular flexibility index (Phi) is 9.85. The van der Waals surface area contributed by atoms with Gasteiger partial charge in [0.15, 0.2) is 11.7 Å². The van der Waals surface area contributed by atoms with Crippen LogP contribution in [0.3, 0.4) is 0 Å². The summed E-state index contributed by atoms with van der Waals surface area (Å²) < 4.78 is 66.3. The molecule has 2 rings (SSSR count). The van der Waals surface area contributed by atoms with Crippen LogP contribution in [0.15, 0.2) is 34.6 Å². The molecule has 5 nitrogen and oxygen atoms in total. The third-order valence-corrected chi connectivity index (χ3v) is 4.19. The lowest BCUT2D eigenvalue weighted by Gasteiger charge is -2.12. The van der Waals surface area contributed by atoms with Gasteiger partial charge in [0, 0.05) is 31.9 Å². The van der Waals surface area contributed by atoms with Crippen molar-refractivity contribution in [2.24, 2.45) is 4.99 Å². The predicted octanol–water partition coefficient (Wildman–Crippen LogP) is 4.29. The maximum Gasteiger partial charge on any atom is 0.434 e. The van der Waals surface area contributed by atoms with Gasteiger partial charge in [-0.05, 0) is 17.7 Å². The van der Waals surface area contributed by atoms with E-state index in [1.54, 1.807) is 12.1 Å². The highest BCUT2D eigenvalue weighted by Gasteiger charge is 2.33. The van der Waals surface area contributed by atoms with Gasteiger partial charge in [-0.3, -0.25) is 4.99 Å². The number of ether oxygens (including phenoxy) is 1. The zero-order chi connectivity index (χ0) is 19.9. The standard InChI is InChI=1S/C16H17F5N4OS.HI/c1-22-15(23-6-5-13-25-12(9-27-13)16(19,20)21)24-8-10-3-2-4-11(7-10)26-14(17)18;/h2-4,7,9,14H,5-6,8H2,1H3,(H2,22,23,24);1H. The molecule has 0 spiro atoms. The van der Waals surface area contributed by atoms with E-state index in [0.717, 1.165) is 16.7 Å². The van der Waals surface area contributed by atoms with Crippen molar-refractivity contribution in [1.29, 1.82) is 0 Å². The second-order valence-corrected chi connectivity index (χ2v) is 6.20.